The SMILES string of the molecule is COC1=CC2=C(C=O)C[C@@H]3[C@H](CC[C@@]4(C)[C@H]3CC3OC(C)(C)O[C@]34C(=O)CF)[C@H]2CC1. The Morgan fingerprint density at radius 1 is 1.29 bits per heavy atom. The molecule has 5 rings (SSSR count). The van der Waals surface area contributed by atoms with Crippen LogP contribution in [0, 0.1) is 29.1 Å². The summed E-state index contributed by atoms with van der Waals surface area (Å²) in [6.45, 7) is 4.69. The number of ketones is 1. The molecule has 1 heterocycles. The third kappa shape index (κ3) is 2.73. The van der Waals surface area contributed by atoms with Gasteiger partial charge in [-0.2, -0.15) is 0 Å². The number of alkyl halides is 1. The molecule has 0 spiro atoms. The summed E-state index contributed by atoms with van der Waals surface area (Å²) in [5.41, 5.74) is 0.268. The van der Waals surface area contributed by atoms with Gasteiger partial charge >= 0.3 is 0 Å². The van der Waals surface area contributed by atoms with Crippen LogP contribution < -0.4 is 0 Å². The third-order valence-corrected chi connectivity index (χ3v) is 9.19. The molecule has 0 bridgehead atoms. The topological polar surface area (TPSA) is 61.8 Å². The van der Waals surface area contributed by atoms with Crippen molar-refractivity contribution in [3.63, 3.8) is 0 Å². The molecule has 3 fully saturated rings. The molecular weight excluding hydrogens is 399 g/mol. The van der Waals surface area contributed by atoms with Crippen molar-refractivity contribution in [1.29, 1.82) is 0 Å². The molecule has 0 aromatic rings. The molecule has 7 atom stereocenters. The lowest BCUT2D eigenvalue weighted by Gasteiger charge is -2.55. The summed E-state index contributed by atoms with van der Waals surface area (Å²) in [5, 5.41) is 0. The molecule has 1 aliphatic heterocycles. The Kier molecular flexibility index (Phi) is 4.80. The summed E-state index contributed by atoms with van der Waals surface area (Å²) < 4.78 is 31.9. The summed E-state index contributed by atoms with van der Waals surface area (Å²) in [5.74, 6) is 0.780. The van der Waals surface area contributed by atoms with Crippen LogP contribution >= 0.6 is 0 Å². The molecule has 0 N–H and O–H groups in total. The van der Waals surface area contributed by atoms with E-state index in [1.807, 2.05) is 13.8 Å². The number of carbonyl (C=O) groups is 2. The fraction of sp³-hybridized carbons (Fsp3) is 0.760. The van der Waals surface area contributed by atoms with E-state index in [0.717, 1.165) is 48.9 Å². The van der Waals surface area contributed by atoms with Gasteiger partial charge in [0, 0.05) is 11.8 Å². The van der Waals surface area contributed by atoms with Crippen molar-refractivity contribution in [3.05, 3.63) is 23.0 Å². The maximum atomic E-state index is 13.8. The maximum absolute atomic E-state index is 13.8. The normalized spacial score (nSPS) is 45.2. The van der Waals surface area contributed by atoms with Crippen molar-refractivity contribution in [1.82, 2.24) is 0 Å². The van der Waals surface area contributed by atoms with Crippen LogP contribution in [-0.2, 0) is 23.8 Å². The zero-order valence-electron chi connectivity index (χ0n) is 18.9. The van der Waals surface area contributed by atoms with Gasteiger partial charge in [-0.25, -0.2) is 4.39 Å². The first-order valence-electron chi connectivity index (χ1n) is 11.6. The highest BCUT2D eigenvalue weighted by molar-refractivity contribution is 5.91. The van der Waals surface area contributed by atoms with E-state index >= 15 is 0 Å². The number of Topliss-reactive ketones (excluding diaryl/α,β-unsaturated/α-hetero) is 1. The van der Waals surface area contributed by atoms with Gasteiger partial charge in [0.15, 0.2) is 23.8 Å². The minimum absolute atomic E-state index is 0.159. The van der Waals surface area contributed by atoms with E-state index in [-0.39, 0.29) is 11.8 Å². The summed E-state index contributed by atoms with van der Waals surface area (Å²) in [7, 11) is 1.69. The Morgan fingerprint density at radius 2 is 2.06 bits per heavy atom. The van der Waals surface area contributed by atoms with Gasteiger partial charge in [0.2, 0.25) is 0 Å². The predicted octanol–water partition coefficient (Wildman–Crippen LogP) is 4.31. The second kappa shape index (κ2) is 6.98. The summed E-state index contributed by atoms with van der Waals surface area (Å²) >= 11 is 0. The molecule has 4 aliphatic carbocycles. The second-order valence-electron chi connectivity index (χ2n) is 10.8. The summed E-state index contributed by atoms with van der Waals surface area (Å²) in [4.78, 5) is 25.1. The largest absolute Gasteiger partial charge is 0.501 e. The number of methoxy groups -OCH3 is 1. The van der Waals surface area contributed by atoms with Crippen LogP contribution in [0.2, 0.25) is 0 Å². The number of halogens is 1. The van der Waals surface area contributed by atoms with Crippen molar-refractivity contribution >= 4 is 12.1 Å². The molecule has 5 aliphatic rings. The van der Waals surface area contributed by atoms with Crippen LogP contribution in [0.4, 0.5) is 4.39 Å². The number of fused-ring (bicyclic) bond motifs is 7. The smallest absolute Gasteiger partial charge is 0.198 e. The number of hydrogen-bond donors (Lipinski definition) is 0. The number of rotatable bonds is 4. The van der Waals surface area contributed by atoms with Crippen molar-refractivity contribution in [2.45, 2.75) is 76.8 Å². The zero-order valence-corrected chi connectivity index (χ0v) is 18.9. The van der Waals surface area contributed by atoms with Crippen LogP contribution in [-0.4, -0.2) is 43.3 Å². The van der Waals surface area contributed by atoms with Gasteiger partial charge in [0.1, 0.15) is 6.29 Å². The molecule has 1 unspecified atom stereocenters. The van der Waals surface area contributed by atoms with Crippen LogP contribution in [0.1, 0.15) is 59.3 Å². The van der Waals surface area contributed by atoms with Crippen LogP contribution in [0.3, 0.4) is 0 Å². The first-order valence-corrected chi connectivity index (χ1v) is 11.6. The van der Waals surface area contributed by atoms with Crippen molar-refractivity contribution < 1.29 is 28.2 Å². The molecule has 31 heavy (non-hydrogen) atoms. The highest BCUT2D eigenvalue weighted by atomic mass is 19.1. The lowest BCUT2D eigenvalue weighted by Crippen LogP contribution is -2.60. The van der Waals surface area contributed by atoms with Gasteiger partial charge in [-0.1, -0.05) is 6.92 Å². The molecule has 0 amide bonds. The Hall–Kier alpha value is -1.53. The van der Waals surface area contributed by atoms with Gasteiger partial charge in [-0.15, -0.1) is 0 Å². The molecule has 1 saturated heterocycles. The van der Waals surface area contributed by atoms with Gasteiger partial charge in [-0.3, -0.25) is 9.59 Å². The minimum atomic E-state index is -1.23. The first kappa shape index (κ1) is 21.3. The van der Waals surface area contributed by atoms with Crippen LogP contribution in [0.5, 0.6) is 0 Å². The minimum Gasteiger partial charge on any atom is -0.501 e. The zero-order chi connectivity index (χ0) is 22.2. The van der Waals surface area contributed by atoms with Gasteiger partial charge in [0.05, 0.1) is 19.0 Å². The Balaban J connectivity index is 1.56. The van der Waals surface area contributed by atoms with Crippen molar-refractivity contribution in [3.8, 4) is 0 Å². The quantitative estimate of drug-likeness (QED) is 0.620. The number of ether oxygens (including phenoxy) is 3. The van der Waals surface area contributed by atoms with E-state index in [0.29, 0.717) is 24.7 Å². The Morgan fingerprint density at radius 3 is 2.74 bits per heavy atom. The van der Waals surface area contributed by atoms with E-state index in [1.54, 1.807) is 7.11 Å². The Bertz CT molecular complexity index is 875. The molecule has 0 aromatic carbocycles. The monoisotopic (exact) mass is 432 g/mol. The molecule has 5 nitrogen and oxygen atoms in total. The summed E-state index contributed by atoms with van der Waals surface area (Å²) in [6.07, 6.45) is 7.65. The first-order chi connectivity index (χ1) is 14.7. The molecule has 0 radical (unpaired) electrons. The summed E-state index contributed by atoms with van der Waals surface area (Å²) in [6, 6.07) is 0. The predicted molar refractivity (Wildman–Crippen MR) is 112 cm³/mol. The van der Waals surface area contributed by atoms with E-state index < -0.39 is 35.4 Å². The van der Waals surface area contributed by atoms with Crippen molar-refractivity contribution in [2.24, 2.45) is 29.1 Å². The van der Waals surface area contributed by atoms with E-state index in [1.165, 1.54) is 0 Å². The molecule has 2 saturated carbocycles. The van der Waals surface area contributed by atoms with E-state index in [9.17, 15) is 14.0 Å². The highest BCUT2D eigenvalue weighted by Crippen LogP contribution is 2.69. The lowest BCUT2D eigenvalue weighted by molar-refractivity contribution is -0.212. The number of allylic oxidation sites excluding steroid dienone is 4. The highest BCUT2D eigenvalue weighted by Gasteiger charge is 2.75. The third-order valence-electron chi connectivity index (χ3n) is 9.19. The fourth-order valence-electron chi connectivity index (χ4n) is 8.04. The molecule has 6 heteroatoms. The van der Waals surface area contributed by atoms with Crippen LogP contribution in [0.15, 0.2) is 23.0 Å². The average Bonchev–Trinajstić information content (AvgIpc) is 3.17. The Labute approximate surface area is 183 Å². The van der Waals surface area contributed by atoms with Gasteiger partial charge < -0.3 is 14.2 Å². The van der Waals surface area contributed by atoms with E-state index in [4.69, 9.17) is 14.2 Å². The lowest BCUT2D eigenvalue weighted by atomic mass is 9.50. The molecule has 0 aromatic heterocycles. The van der Waals surface area contributed by atoms with Gasteiger partial charge in [0.25, 0.3) is 0 Å². The number of carbonyl (C=O) groups excluding carboxylic acids is 2. The van der Waals surface area contributed by atoms with Crippen molar-refractivity contribution in [2.75, 3.05) is 13.8 Å². The fourth-order valence-corrected chi connectivity index (χ4v) is 8.04. The standard InChI is InChI=1S/C25H33FO5/c1-23(2)30-22-11-20-19-9-14(13-27)18-10-15(29-4)5-6-16(18)17(19)7-8-24(20,3)25(22,31-23)21(28)12-26/h10,13,16-17,19-20,22H,5-9,11-12H2,1-4H3/t16-,17-,19-,20+,22?,24+,25-/m1/s1. The van der Waals surface area contributed by atoms with Gasteiger partial charge in [-0.05, 0) is 86.8 Å². The number of hydrogen-bond acceptors (Lipinski definition) is 5. The van der Waals surface area contributed by atoms with E-state index in [2.05, 4.69) is 13.0 Å². The molecular formula is C25H33FO5. The average molecular weight is 433 g/mol. The van der Waals surface area contributed by atoms with Crippen LogP contribution in [0.25, 0.3) is 0 Å². The molecule has 170 valence electrons. The second-order valence-corrected chi connectivity index (χ2v) is 10.8. The maximum Gasteiger partial charge on any atom is 0.198 e. The number of aldehydes is 1.